The lowest BCUT2D eigenvalue weighted by atomic mass is 9.93. The third-order valence-corrected chi connectivity index (χ3v) is 3.77. The molecule has 1 N–H and O–H groups in total. The second-order valence-corrected chi connectivity index (χ2v) is 4.96. The normalized spacial score (nSPS) is 25.3. The van der Waals surface area contributed by atoms with E-state index in [1.54, 1.807) is 0 Å². The van der Waals surface area contributed by atoms with Crippen molar-refractivity contribution < 1.29 is 5.11 Å². The fraction of sp³-hybridized carbons (Fsp3) is 0.500. The molecule has 0 spiro atoms. The Morgan fingerprint density at radius 2 is 2.24 bits per heavy atom. The van der Waals surface area contributed by atoms with E-state index >= 15 is 0 Å². The lowest BCUT2D eigenvalue weighted by molar-refractivity contribution is 0.105. The molecule has 5 heteroatoms. The Bertz CT molecular complexity index is 540. The minimum absolute atomic E-state index is 0.191. The summed E-state index contributed by atoms with van der Waals surface area (Å²) in [4.78, 5) is 8.26. The highest BCUT2D eigenvalue weighted by Gasteiger charge is 2.23. The summed E-state index contributed by atoms with van der Waals surface area (Å²) >= 11 is 6.02. The number of halogens is 1. The Balaban J connectivity index is 2.02. The van der Waals surface area contributed by atoms with Gasteiger partial charge in [0.2, 0.25) is 0 Å². The van der Waals surface area contributed by atoms with Crippen LogP contribution in [-0.4, -0.2) is 25.7 Å². The molecule has 1 aliphatic rings. The first-order valence-electron chi connectivity index (χ1n) is 5.91. The summed E-state index contributed by atoms with van der Waals surface area (Å²) in [6.45, 7) is 0. The van der Waals surface area contributed by atoms with Gasteiger partial charge in [-0.25, -0.2) is 9.97 Å². The van der Waals surface area contributed by atoms with Crippen LogP contribution in [0.4, 0.5) is 0 Å². The van der Waals surface area contributed by atoms with Crippen LogP contribution in [0.5, 0.6) is 0 Å². The van der Waals surface area contributed by atoms with Gasteiger partial charge in [0.15, 0.2) is 0 Å². The number of aliphatic hydroxyl groups excluding tert-OH is 1. The van der Waals surface area contributed by atoms with Crippen molar-refractivity contribution in [3.05, 3.63) is 23.7 Å². The van der Waals surface area contributed by atoms with E-state index < -0.39 is 0 Å². The molecule has 2 unspecified atom stereocenters. The summed E-state index contributed by atoms with van der Waals surface area (Å²) in [6, 6.07) is 2.26. The molecule has 3 rings (SSSR count). The summed E-state index contributed by atoms with van der Waals surface area (Å²) in [6.07, 6.45) is 7.14. The molecule has 0 aromatic carbocycles. The summed E-state index contributed by atoms with van der Waals surface area (Å²) < 4.78 is 2.12. The maximum atomic E-state index is 9.73. The molecule has 1 saturated carbocycles. The van der Waals surface area contributed by atoms with Crippen LogP contribution in [0.25, 0.3) is 11.0 Å². The van der Waals surface area contributed by atoms with E-state index in [2.05, 4.69) is 14.5 Å². The van der Waals surface area contributed by atoms with Gasteiger partial charge in [-0.1, -0.05) is 11.6 Å². The zero-order chi connectivity index (χ0) is 11.8. The summed E-state index contributed by atoms with van der Waals surface area (Å²) in [5, 5.41) is 11.1. The van der Waals surface area contributed by atoms with Gasteiger partial charge in [0.1, 0.15) is 17.1 Å². The lowest BCUT2D eigenvalue weighted by Crippen LogP contribution is -2.22. The SMILES string of the molecule is OC1CCCC(n2ccc3c(Cl)ncnc32)C1. The summed E-state index contributed by atoms with van der Waals surface area (Å²) in [5.41, 5.74) is 0.865. The number of aromatic nitrogens is 3. The number of fused-ring (bicyclic) bond motifs is 1. The summed E-state index contributed by atoms with van der Waals surface area (Å²) in [5.74, 6) is 0. The van der Waals surface area contributed by atoms with E-state index in [1.807, 2.05) is 12.3 Å². The average Bonchev–Trinajstić information content (AvgIpc) is 2.74. The van der Waals surface area contributed by atoms with Crippen molar-refractivity contribution >= 4 is 22.6 Å². The Hall–Kier alpha value is -1.13. The molecule has 0 aliphatic heterocycles. The molecule has 1 fully saturated rings. The van der Waals surface area contributed by atoms with Crippen molar-refractivity contribution in [1.29, 1.82) is 0 Å². The van der Waals surface area contributed by atoms with E-state index in [0.29, 0.717) is 11.2 Å². The van der Waals surface area contributed by atoms with Gasteiger partial charge in [0.25, 0.3) is 0 Å². The molecule has 0 radical (unpaired) electrons. The van der Waals surface area contributed by atoms with Crippen LogP contribution in [0, 0.1) is 0 Å². The third-order valence-electron chi connectivity index (χ3n) is 3.47. The molecule has 0 saturated heterocycles. The largest absolute Gasteiger partial charge is 0.393 e. The second-order valence-electron chi connectivity index (χ2n) is 4.60. The molecule has 90 valence electrons. The first kappa shape index (κ1) is 11.0. The molecule has 4 nitrogen and oxygen atoms in total. The van der Waals surface area contributed by atoms with Gasteiger partial charge in [-0.05, 0) is 31.7 Å². The standard InChI is InChI=1S/C12H14ClN3O/c13-11-10-4-5-16(12(10)15-7-14-11)8-2-1-3-9(17)6-8/h4-5,7-9,17H,1-3,6H2. The van der Waals surface area contributed by atoms with Gasteiger partial charge in [-0.2, -0.15) is 0 Å². The Morgan fingerprint density at radius 1 is 1.35 bits per heavy atom. The van der Waals surface area contributed by atoms with Crippen LogP contribution in [-0.2, 0) is 0 Å². The number of hydrogen-bond acceptors (Lipinski definition) is 3. The smallest absolute Gasteiger partial charge is 0.145 e. The quantitative estimate of drug-likeness (QED) is 0.793. The van der Waals surface area contributed by atoms with E-state index in [1.165, 1.54) is 6.33 Å². The Morgan fingerprint density at radius 3 is 3.06 bits per heavy atom. The highest BCUT2D eigenvalue weighted by molar-refractivity contribution is 6.33. The van der Waals surface area contributed by atoms with Crippen LogP contribution in [0.15, 0.2) is 18.6 Å². The van der Waals surface area contributed by atoms with Crippen molar-refractivity contribution in [2.75, 3.05) is 0 Å². The molecule has 0 bridgehead atoms. The Labute approximate surface area is 104 Å². The van der Waals surface area contributed by atoms with Crippen LogP contribution in [0.3, 0.4) is 0 Å². The average molecular weight is 252 g/mol. The van der Waals surface area contributed by atoms with Gasteiger partial charge < -0.3 is 9.67 Å². The zero-order valence-electron chi connectivity index (χ0n) is 9.38. The lowest BCUT2D eigenvalue weighted by Gasteiger charge is -2.27. The summed E-state index contributed by atoms with van der Waals surface area (Å²) in [7, 11) is 0. The number of nitrogens with zero attached hydrogens (tertiary/aromatic N) is 3. The molecule has 17 heavy (non-hydrogen) atoms. The van der Waals surface area contributed by atoms with E-state index in [4.69, 9.17) is 11.6 Å². The van der Waals surface area contributed by atoms with Crippen LogP contribution >= 0.6 is 11.6 Å². The second kappa shape index (κ2) is 4.27. The van der Waals surface area contributed by atoms with Gasteiger partial charge in [-0.15, -0.1) is 0 Å². The van der Waals surface area contributed by atoms with Gasteiger partial charge >= 0.3 is 0 Å². The fourth-order valence-electron chi connectivity index (χ4n) is 2.63. The molecular weight excluding hydrogens is 238 g/mol. The topological polar surface area (TPSA) is 50.9 Å². The molecule has 2 aromatic rings. The zero-order valence-corrected chi connectivity index (χ0v) is 10.1. The van der Waals surface area contributed by atoms with Crippen molar-refractivity contribution in [3.8, 4) is 0 Å². The molecule has 2 heterocycles. The van der Waals surface area contributed by atoms with E-state index in [-0.39, 0.29) is 6.10 Å². The maximum Gasteiger partial charge on any atom is 0.145 e. The number of hydrogen-bond donors (Lipinski definition) is 1. The van der Waals surface area contributed by atoms with Crippen molar-refractivity contribution in [1.82, 2.24) is 14.5 Å². The predicted octanol–water partition coefficient (Wildman–Crippen LogP) is 2.56. The van der Waals surface area contributed by atoms with Crippen molar-refractivity contribution in [2.24, 2.45) is 0 Å². The molecule has 1 aliphatic carbocycles. The minimum atomic E-state index is -0.191. The van der Waals surface area contributed by atoms with Crippen LogP contribution in [0.2, 0.25) is 5.15 Å². The molecule has 0 amide bonds. The maximum absolute atomic E-state index is 9.73. The van der Waals surface area contributed by atoms with Gasteiger partial charge in [-0.3, -0.25) is 0 Å². The molecule has 2 aromatic heterocycles. The first-order valence-corrected chi connectivity index (χ1v) is 6.28. The highest BCUT2D eigenvalue weighted by atomic mass is 35.5. The fourth-order valence-corrected chi connectivity index (χ4v) is 2.82. The van der Waals surface area contributed by atoms with Crippen molar-refractivity contribution in [3.63, 3.8) is 0 Å². The first-order chi connectivity index (χ1) is 8.25. The highest BCUT2D eigenvalue weighted by Crippen LogP contribution is 2.32. The predicted molar refractivity (Wildman–Crippen MR) is 66.0 cm³/mol. The molecular formula is C12H14ClN3O. The third kappa shape index (κ3) is 1.91. The van der Waals surface area contributed by atoms with Gasteiger partial charge in [0, 0.05) is 12.2 Å². The molecule has 2 atom stereocenters. The van der Waals surface area contributed by atoms with E-state index in [9.17, 15) is 5.11 Å². The van der Waals surface area contributed by atoms with E-state index in [0.717, 1.165) is 36.7 Å². The van der Waals surface area contributed by atoms with Gasteiger partial charge in [0.05, 0.1) is 11.5 Å². The monoisotopic (exact) mass is 251 g/mol. The minimum Gasteiger partial charge on any atom is -0.393 e. The van der Waals surface area contributed by atoms with Crippen molar-refractivity contribution in [2.45, 2.75) is 37.8 Å². The number of aliphatic hydroxyl groups is 1. The van der Waals surface area contributed by atoms with Crippen LogP contribution < -0.4 is 0 Å². The Kier molecular flexibility index (Phi) is 2.76. The number of rotatable bonds is 1. The van der Waals surface area contributed by atoms with Crippen LogP contribution in [0.1, 0.15) is 31.7 Å².